The molecule has 0 aliphatic heterocycles. The third-order valence-corrected chi connectivity index (χ3v) is 5.55. The van der Waals surface area contributed by atoms with Crippen molar-refractivity contribution >= 4 is 47.0 Å². The molecule has 1 aromatic carbocycles. The Morgan fingerprint density at radius 3 is 1.92 bits per heavy atom. The summed E-state index contributed by atoms with van der Waals surface area (Å²) in [6, 6.07) is 1.43. The van der Waals surface area contributed by atoms with Gasteiger partial charge in [-0.25, -0.2) is 0 Å². The zero-order valence-electron chi connectivity index (χ0n) is 21.0. The number of rotatable bonds is 14. The molecule has 0 fully saturated rings. The number of carboxylic acids is 1. The van der Waals surface area contributed by atoms with Gasteiger partial charge in [0.2, 0.25) is 23.6 Å². The number of Topliss-reactive ketones (excluding diaryl/α,β-unsaturated/α-hetero) is 1. The third kappa shape index (κ3) is 10.9. The Hall–Kier alpha value is -3.67. The van der Waals surface area contributed by atoms with Gasteiger partial charge in [0.15, 0.2) is 5.78 Å². The Balaban J connectivity index is 2.92. The van der Waals surface area contributed by atoms with Crippen molar-refractivity contribution in [1.29, 1.82) is 0 Å². The van der Waals surface area contributed by atoms with Crippen molar-refractivity contribution in [2.24, 2.45) is 5.92 Å². The van der Waals surface area contributed by atoms with Crippen LogP contribution in [0.5, 0.6) is 5.75 Å². The van der Waals surface area contributed by atoms with Crippen molar-refractivity contribution in [3.63, 3.8) is 0 Å². The maximum atomic E-state index is 13.0. The van der Waals surface area contributed by atoms with Crippen LogP contribution in [-0.2, 0) is 35.2 Å². The summed E-state index contributed by atoms with van der Waals surface area (Å²) in [6.07, 6.45) is -0.579. The van der Waals surface area contributed by atoms with Crippen LogP contribution in [-0.4, -0.2) is 75.6 Å². The lowest BCUT2D eigenvalue weighted by Gasteiger charge is -2.27. The standard InChI is InChI=1S/C24H33ClN4O8/c1-12(2)21(24(37)26-13(3)22(35)28-17(10-20(33)34)19(32)11-25)29-23(36)18(27-14(4)30)9-15-5-7-16(31)8-6-15/h5-8,12-13,17-18,21,31H,9-11H2,1-4H3,(H,26,37)(H,27,30)(H,28,35)(H,29,36)(H,33,34)/t13-,17+,18+,21-/m0/s1. The highest BCUT2D eigenvalue weighted by Gasteiger charge is 2.31. The fraction of sp³-hybridized carbons (Fsp3) is 0.500. The van der Waals surface area contributed by atoms with E-state index in [1.165, 1.54) is 26.0 Å². The van der Waals surface area contributed by atoms with Crippen LogP contribution in [0.25, 0.3) is 0 Å². The lowest BCUT2D eigenvalue weighted by molar-refractivity contribution is -0.140. The van der Waals surface area contributed by atoms with E-state index < -0.39 is 77.8 Å². The molecule has 4 atom stereocenters. The van der Waals surface area contributed by atoms with Crippen LogP contribution in [0.1, 0.15) is 39.7 Å². The molecule has 0 aromatic heterocycles. The van der Waals surface area contributed by atoms with Crippen LogP contribution in [0, 0.1) is 5.92 Å². The van der Waals surface area contributed by atoms with E-state index in [2.05, 4.69) is 21.3 Å². The Morgan fingerprint density at radius 2 is 1.43 bits per heavy atom. The highest BCUT2D eigenvalue weighted by Crippen LogP contribution is 2.12. The number of benzene rings is 1. The normalized spacial score (nSPS) is 14.0. The number of halogens is 1. The minimum absolute atomic E-state index is 0.0419. The number of phenols is 1. The largest absolute Gasteiger partial charge is 0.508 e. The molecule has 0 bridgehead atoms. The molecule has 6 N–H and O–H groups in total. The van der Waals surface area contributed by atoms with Crippen molar-refractivity contribution in [3.8, 4) is 5.75 Å². The van der Waals surface area contributed by atoms with Gasteiger partial charge >= 0.3 is 5.97 Å². The van der Waals surface area contributed by atoms with Gasteiger partial charge in [0.1, 0.15) is 23.9 Å². The number of hydrogen-bond donors (Lipinski definition) is 6. The van der Waals surface area contributed by atoms with E-state index in [0.29, 0.717) is 5.56 Å². The molecule has 1 aromatic rings. The van der Waals surface area contributed by atoms with Crippen LogP contribution in [0.2, 0.25) is 0 Å². The van der Waals surface area contributed by atoms with E-state index in [4.69, 9.17) is 16.7 Å². The SMILES string of the molecule is CC(=O)N[C@H](Cc1ccc(O)cc1)C(=O)N[C@H](C(=O)N[C@@H](C)C(=O)N[C@H](CC(=O)O)C(=O)CCl)C(C)C. The minimum Gasteiger partial charge on any atom is -0.508 e. The molecule has 0 radical (unpaired) electrons. The van der Waals surface area contributed by atoms with Crippen LogP contribution in [0.3, 0.4) is 0 Å². The number of nitrogens with one attached hydrogen (secondary N) is 4. The van der Waals surface area contributed by atoms with Gasteiger partial charge in [0, 0.05) is 13.3 Å². The van der Waals surface area contributed by atoms with Gasteiger partial charge in [-0.15, -0.1) is 11.6 Å². The number of alkyl halides is 1. The number of aliphatic carboxylic acids is 1. The lowest BCUT2D eigenvalue weighted by atomic mass is 10.0. The third-order valence-electron chi connectivity index (χ3n) is 5.28. The van der Waals surface area contributed by atoms with Gasteiger partial charge < -0.3 is 31.5 Å². The summed E-state index contributed by atoms with van der Waals surface area (Å²) in [5.74, 6) is -5.49. The molecule has 13 heteroatoms. The molecule has 0 aliphatic carbocycles. The lowest BCUT2D eigenvalue weighted by Crippen LogP contribution is -2.58. The molecule has 4 amide bonds. The quantitative estimate of drug-likeness (QED) is 0.175. The monoisotopic (exact) mass is 540 g/mol. The number of hydrogen-bond acceptors (Lipinski definition) is 7. The molecule has 0 saturated heterocycles. The van der Waals surface area contributed by atoms with Crippen molar-refractivity contribution in [2.45, 2.75) is 64.7 Å². The summed E-state index contributed by atoms with van der Waals surface area (Å²) in [5.41, 5.74) is 0.657. The summed E-state index contributed by atoms with van der Waals surface area (Å²) < 4.78 is 0. The van der Waals surface area contributed by atoms with Crippen molar-refractivity contribution in [3.05, 3.63) is 29.8 Å². The average molecular weight is 541 g/mol. The molecular formula is C24H33ClN4O8. The molecule has 0 heterocycles. The molecule has 0 aliphatic rings. The first-order chi connectivity index (χ1) is 17.2. The Morgan fingerprint density at radius 1 is 0.838 bits per heavy atom. The van der Waals surface area contributed by atoms with Gasteiger partial charge in [-0.05, 0) is 30.5 Å². The van der Waals surface area contributed by atoms with Gasteiger partial charge in [0.05, 0.1) is 18.3 Å². The highest BCUT2D eigenvalue weighted by atomic mass is 35.5. The zero-order valence-corrected chi connectivity index (χ0v) is 21.8. The highest BCUT2D eigenvalue weighted by molar-refractivity contribution is 6.28. The number of ketones is 1. The number of aromatic hydroxyl groups is 1. The van der Waals surface area contributed by atoms with Crippen molar-refractivity contribution < 1.29 is 39.0 Å². The predicted molar refractivity (Wildman–Crippen MR) is 134 cm³/mol. The predicted octanol–water partition coefficient (Wildman–Crippen LogP) is -0.148. The molecule has 0 spiro atoms. The van der Waals surface area contributed by atoms with Crippen LogP contribution < -0.4 is 21.3 Å². The Kier molecular flexibility index (Phi) is 12.5. The first kappa shape index (κ1) is 31.4. The second-order valence-electron chi connectivity index (χ2n) is 8.84. The van der Waals surface area contributed by atoms with Crippen LogP contribution in [0.15, 0.2) is 24.3 Å². The molecule has 12 nitrogen and oxygen atoms in total. The number of phenolic OH excluding ortho intramolecular Hbond substituents is 1. The fourth-order valence-corrected chi connectivity index (χ4v) is 3.48. The van der Waals surface area contributed by atoms with E-state index in [1.807, 2.05) is 0 Å². The molecular weight excluding hydrogens is 508 g/mol. The van der Waals surface area contributed by atoms with E-state index in [1.54, 1.807) is 26.0 Å². The Labute approximate surface area is 219 Å². The number of carbonyl (C=O) groups excluding carboxylic acids is 5. The molecule has 204 valence electrons. The summed E-state index contributed by atoms with van der Waals surface area (Å²) >= 11 is 5.48. The summed E-state index contributed by atoms with van der Waals surface area (Å²) in [5, 5.41) is 28.2. The van der Waals surface area contributed by atoms with E-state index in [-0.39, 0.29) is 12.2 Å². The summed E-state index contributed by atoms with van der Waals surface area (Å²) in [4.78, 5) is 72.9. The molecule has 0 unspecified atom stereocenters. The van der Waals surface area contributed by atoms with Crippen LogP contribution >= 0.6 is 11.6 Å². The average Bonchev–Trinajstić information content (AvgIpc) is 2.81. The minimum atomic E-state index is -1.36. The van der Waals surface area contributed by atoms with E-state index >= 15 is 0 Å². The van der Waals surface area contributed by atoms with E-state index in [9.17, 15) is 33.9 Å². The van der Waals surface area contributed by atoms with Gasteiger partial charge in [0.25, 0.3) is 0 Å². The van der Waals surface area contributed by atoms with Gasteiger partial charge in [-0.3, -0.25) is 28.8 Å². The maximum absolute atomic E-state index is 13.0. The topological polar surface area (TPSA) is 191 Å². The second kappa shape index (κ2) is 14.8. The Bertz CT molecular complexity index is 999. The number of carboxylic acid groups (broad SMARTS) is 1. The zero-order chi connectivity index (χ0) is 28.3. The summed E-state index contributed by atoms with van der Waals surface area (Å²) in [7, 11) is 0. The molecule has 37 heavy (non-hydrogen) atoms. The van der Waals surface area contributed by atoms with Gasteiger partial charge in [-0.2, -0.15) is 0 Å². The first-order valence-electron chi connectivity index (χ1n) is 11.5. The first-order valence-corrected chi connectivity index (χ1v) is 12.0. The molecule has 0 saturated carbocycles. The van der Waals surface area contributed by atoms with Crippen molar-refractivity contribution in [2.75, 3.05) is 5.88 Å². The fourth-order valence-electron chi connectivity index (χ4n) is 3.29. The van der Waals surface area contributed by atoms with Crippen molar-refractivity contribution in [1.82, 2.24) is 21.3 Å². The second-order valence-corrected chi connectivity index (χ2v) is 9.11. The van der Waals surface area contributed by atoms with Gasteiger partial charge in [-0.1, -0.05) is 26.0 Å². The number of amides is 4. The van der Waals surface area contributed by atoms with Crippen LogP contribution in [0.4, 0.5) is 0 Å². The molecule has 1 rings (SSSR count). The summed E-state index contributed by atoms with van der Waals surface area (Å²) in [6.45, 7) is 5.92. The smallest absolute Gasteiger partial charge is 0.305 e. The maximum Gasteiger partial charge on any atom is 0.305 e. The van der Waals surface area contributed by atoms with E-state index in [0.717, 1.165) is 0 Å². The number of carbonyl (C=O) groups is 6.